The number of nitrogens with one attached hydrogen (secondary N) is 1. The molecule has 0 unspecified atom stereocenters. The number of hydrogen-bond donors (Lipinski definition) is 1. The molecule has 0 radical (unpaired) electrons. The topological polar surface area (TPSA) is 42.7 Å². The van der Waals surface area contributed by atoms with Gasteiger partial charge < -0.3 is 9.88 Å². The molecule has 2 aliphatic rings. The Morgan fingerprint density at radius 3 is 2.60 bits per heavy atom. The monoisotopic (exact) mass is 288 g/mol. The highest BCUT2D eigenvalue weighted by Crippen LogP contribution is 2.34. The van der Waals surface area contributed by atoms with Gasteiger partial charge >= 0.3 is 6.18 Å². The van der Waals surface area contributed by atoms with E-state index >= 15 is 0 Å². The number of aromatic nitrogens is 3. The fourth-order valence-electron chi connectivity index (χ4n) is 3.15. The van der Waals surface area contributed by atoms with Crippen LogP contribution in [0.15, 0.2) is 0 Å². The van der Waals surface area contributed by atoms with Gasteiger partial charge in [-0.15, -0.1) is 10.2 Å². The molecule has 0 bridgehead atoms. The van der Waals surface area contributed by atoms with Crippen molar-refractivity contribution in [2.45, 2.75) is 63.8 Å². The average Bonchev–Trinajstić information content (AvgIpc) is 3.04. The van der Waals surface area contributed by atoms with Gasteiger partial charge in [-0.2, -0.15) is 13.2 Å². The predicted molar refractivity (Wildman–Crippen MR) is 67.0 cm³/mol. The van der Waals surface area contributed by atoms with Crippen molar-refractivity contribution in [3.63, 3.8) is 0 Å². The van der Waals surface area contributed by atoms with Crippen LogP contribution in [0.25, 0.3) is 0 Å². The number of aryl methyl sites for hydroxylation is 1. The lowest BCUT2D eigenvalue weighted by atomic mass is 9.99. The van der Waals surface area contributed by atoms with E-state index in [-0.39, 0.29) is 13.0 Å². The third-order valence-electron chi connectivity index (χ3n) is 4.39. The molecule has 112 valence electrons. The van der Waals surface area contributed by atoms with Crippen molar-refractivity contribution in [3.8, 4) is 0 Å². The minimum absolute atomic E-state index is 0.0342. The lowest BCUT2D eigenvalue weighted by molar-refractivity contribution is -0.182. The largest absolute Gasteiger partial charge is 0.393 e. The molecule has 0 amide bonds. The molecule has 1 aliphatic heterocycles. The second-order valence-corrected chi connectivity index (χ2v) is 5.78. The van der Waals surface area contributed by atoms with E-state index in [1.807, 2.05) is 0 Å². The fourth-order valence-corrected chi connectivity index (χ4v) is 3.15. The van der Waals surface area contributed by atoms with Crippen molar-refractivity contribution in [1.82, 2.24) is 20.1 Å². The smallest absolute Gasteiger partial charge is 0.313 e. The van der Waals surface area contributed by atoms with Crippen molar-refractivity contribution in [1.29, 1.82) is 0 Å². The van der Waals surface area contributed by atoms with Crippen LogP contribution in [-0.2, 0) is 19.5 Å². The zero-order valence-corrected chi connectivity index (χ0v) is 11.3. The maximum absolute atomic E-state index is 12.8. The number of alkyl halides is 3. The summed E-state index contributed by atoms with van der Waals surface area (Å²) in [6, 6.07) is 0.477. The third-order valence-corrected chi connectivity index (χ3v) is 4.39. The third kappa shape index (κ3) is 2.82. The van der Waals surface area contributed by atoms with Crippen molar-refractivity contribution >= 4 is 0 Å². The number of nitrogens with zero attached hydrogens (tertiary/aromatic N) is 3. The summed E-state index contributed by atoms with van der Waals surface area (Å²) in [6.45, 7) is 0.482. The minimum atomic E-state index is -4.13. The number of fused-ring (bicyclic) bond motifs is 1. The highest BCUT2D eigenvalue weighted by Gasteiger charge is 2.42. The van der Waals surface area contributed by atoms with Gasteiger partial charge in [0, 0.05) is 19.0 Å². The van der Waals surface area contributed by atoms with Crippen molar-refractivity contribution in [3.05, 3.63) is 11.6 Å². The lowest BCUT2D eigenvalue weighted by Gasteiger charge is -2.26. The molecule has 1 aliphatic carbocycles. The van der Waals surface area contributed by atoms with Crippen LogP contribution in [-0.4, -0.2) is 27.0 Å². The van der Waals surface area contributed by atoms with Crippen LogP contribution < -0.4 is 5.32 Å². The quantitative estimate of drug-likeness (QED) is 0.929. The molecular weight excluding hydrogens is 269 g/mol. The van der Waals surface area contributed by atoms with E-state index < -0.39 is 12.1 Å². The zero-order valence-electron chi connectivity index (χ0n) is 11.3. The van der Waals surface area contributed by atoms with E-state index in [4.69, 9.17) is 0 Å². The van der Waals surface area contributed by atoms with Crippen LogP contribution in [0, 0.1) is 5.92 Å². The van der Waals surface area contributed by atoms with E-state index in [0.29, 0.717) is 30.7 Å². The number of hydrogen-bond acceptors (Lipinski definition) is 3. The lowest BCUT2D eigenvalue weighted by Crippen LogP contribution is -2.34. The molecular formula is C13H19F3N4. The van der Waals surface area contributed by atoms with Gasteiger partial charge in [-0.05, 0) is 19.3 Å². The van der Waals surface area contributed by atoms with Crippen molar-refractivity contribution in [2.75, 3.05) is 0 Å². The first-order valence-electron chi connectivity index (χ1n) is 7.25. The zero-order chi connectivity index (χ0) is 14.2. The van der Waals surface area contributed by atoms with Crippen LogP contribution in [0.4, 0.5) is 13.2 Å². The molecule has 0 saturated heterocycles. The molecule has 2 heterocycles. The van der Waals surface area contributed by atoms with Gasteiger partial charge in [0.1, 0.15) is 11.6 Å². The Morgan fingerprint density at radius 1 is 1.15 bits per heavy atom. The van der Waals surface area contributed by atoms with Gasteiger partial charge in [0.25, 0.3) is 0 Å². The predicted octanol–water partition coefficient (Wildman–Crippen LogP) is 2.44. The Hall–Kier alpha value is -1.11. The summed E-state index contributed by atoms with van der Waals surface area (Å²) in [5, 5.41) is 11.5. The summed E-state index contributed by atoms with van der Waals surface area (Å²) >= 11 is 0. The van der Waals surface area contributed by atoms with E-state index in [9.17, 15) is 13.2 Å². The first-order chi connectivity index (χ1) is 9.54. The maximum Gasteiger partial charge on any atom is 0.393 e. The van der Waals surface area contributed by atoms with Crippen molar-refractivity contribution < 1.29 is 13.2 Å². The van der Waals surface area contributed by atoms with E-state index in [1.54, 1.807) is 4.57 Å². The highest BCUT2D eigenvalue weighted by atomic mass is 19.4. The van der Waals surface area contributed by atoms with Crippen LogP contribution in [0.3, 0.4) is 0 Å². The SMILES string of the molecule is FC(F)(F)[C@H]1CCc2nnc(CNC3CCCC3)n2C1. The second kappa shape index (κ2) is 5.35. The fraction of sp³-hybridized carbons (Fsp3) is 0.846. The van der Waals surface area contributed by atoms with Gasteiger partial charge in [0.15, 0.2) is 0 Å². The summed E-state index contributed by atoms with van der Waals surface area (Å²) in [6.07, 6.45) is 1.10. The first-order valence-corrected chi connectivity index (χ1v) is 7.25. The first kappa shape index (κ1) is 13.9. The minimum Gasteiger partial charge on any atom is -0.313 e. The molecule has 0 spiro atoms. The van der Waals surface area contributed by atoms with Gasteiger partial charge in [0.05, 0.1) is 12.5 Å². The van der Waals surface area contributed by atoms with Crippen molar-refractivity contribution in [2.24, 2.45) is 5.92 Å². The normalized spacial score (nSPS) is 24.1. The summed E-state index contributed by atoms with van der Waals surface area (Å²) in [5.74, 6) is 0.0609. The second-order valence-electron chi connectivity index (χ2n) is 5.78. The van der Waals surface area contributed by atoms with Gasteiger partial charge in [-0.1, -0.05) is 12.8 Å². The Labute approximate surface area is 115 Å². The Kier molecular flexibility index (Phi) is 3.70. The maximum atomic E-state index is 12.8. The Morgan fingerprint density at radius 2 is 1.90 bits per heavy atom. The molecule has 1 fully saturated rings. The molecule has 1 aromatic rings. The molecule has 1 saturated carbocycles. The Balaban J connectivity index is 1.67. The van der Waals surface area contributed by atoms with Gasteiger partial charge in [-0.3, -0.25) is 0 Å². The highest BCUT2D eigenvalue weighted by molar-refractivity contribution is 5.01. The van der Waals surface area contributed by atoms with Gasteiger partial charge in [-0.25, -0.2) is 0 Å². The number of halogens is 3. The molecule has 20 heavy (non-hydrogen) atoms. The Bertz CT molecular complexity index is 463. The van der Waals surface area contributed by atoms with Crippen LogP contribution in [0.2, 0.25) is 0 Å². The van der Waals surface area contributed by atoms with E-state index in [1.165, 1.54) is 12.8 Å². The molecule has 4 nitrogen and oxygen atoms in total. The summed E-state index contributed by atoms with van der Waals surface area (Å²) < 4.78 is 40.2. The standard InChI is InChI=1S/C13H19F3N4/c14-13(15,16)9-5-6-11-18-19-12(20(11)8-9)7-17-10-3-1-2-4-10/h9-10,17H,1-8H2/t9-/m0/s1. The van der Waals surface area contributed by atoms with E-state index in [2.05, 4.69) is 15.5 Å². The summed E-state index contributed by atoms with van der Waals surface area (Å²) in [4.78, 5) is 0. The molecule has 3 rings (SSSR count). The number of rotatable bonds is 3. The molecule has 1 N–H and O–H groups in total. The van der Waals surface area contributed by atoms with Gasteiger partial charge in [0.2, 0.25) is 0 Å². The average molecular weight is 288 g/mol. The summed E-state index contributed by atoms with van der Waals surface area (Å²) in [5.41, 5.74) is 0. The molecule has 1 aromatic heterocycles. The summed E-state index contributed by atoms with van der Waals surface area (Å²) in [7, 11) is 0. The molecule has 0 aromatic carbocycles. The molecule has 7 heteroatoms. The van der Waals surface area contributed by atoms with Crippen LogP contribution in [0.5, 0.6) is 0 Å². The van der Waals surface area contributed by atoms with E-state index in [0.717, 1.165) is 12.8 Å². The van der Waals surface area contributed by atoms with Crippen LogP contribution in [0.1, 0.15) is 43.8 Å². The van der Waals surface area contributed by atoms with Crippen LogP contribution >= 0.6 is 0 Å². The molecule has 1 atom stereocenters.